The van der Waals surface area contributed by atoms with Crippen LogP contribution in [-0.4, -0.2) is 46.4 Å². The number of phenols is 1. The van der Waals surface area contributed by atoms with Gasteiger partial charge in [0.25, 0.3) is 0 Å². The number of aromatic hydroxyl groups is 1. The third-order valence-electron chi connectivity index (χ3n) is 6.59. The molecule has 5 atom stereocenters. The summed E-state index contributed by atoms with van der Waals surface area (Å²) in [5.41, 5.74) is 1.98. The number of alkyl halides is 1. The summed E-state index contributed by atoms with van der Waals surface area (Å²) in [6, 6.07) is 0.393. The summed E-state index contributed by atoms with van der Waals surface area (Å²) in [7, 11) is 2.18. The third kappa shape index (κ3) is 1.66. The lowest BCUT2D eigenvalue weighted by molar-refractivity contribution is -0.137. The van der Waals surface area contributed by atoms with Crippen LogP contribution in [-0.2, 0) is 16.6 Å². The summed E-state index contributed by atoms with van der Waals surface area (Å²) in [4.78, 5) is 15.2. The Kier molecular flexibility index (Phi) is 3.34. The monoisotopic (exact) mass is 519 g/mol. The standard InChI is InChI=1S/C17H16Br3NO3/c1-21-3-2-17-7-5-8(18)13(22)16(17)24-15-10(17)6(4-9(7)21)11(19)12(20)14(15)23/h7-9,16,23H,2-5H2,1H3/t7-,8+,9+,16-,17-/m0/s1. The lowest BCUT2D eigenvalue weighted by atomic mass is 9.51. The molecule has 7 heteroatoms. The Balaban J connectivity index is 1.86. The van der Waals surface area contributed by atoms with Crippen LogP contribution in [0, 0.1) is 5.92 Å². The van der Waals surface area contributed by atoms with Crippen molar-refractivity contribution in [2.45, 2.75) is 41.7 Å². The van der Waals surface area contributed by atoms with Crippen molar-refractivity contribution in [2.24, 2.45) is 5.92 Å². The van der Waals surface area contributed by atoms with E-state index in [0.717, 1.165) is 35.8 Å². The number of carbonyl (C=O) groups is 1. The lowest BCUT2D eigenvalue weighted by Gasteiger charge is -2.57. The van der Waals surface area contributed by atoms with Crippen LogP contribution in [0.2, 0.25) is 0 Å². The van der Waals surface area contributed by atoms with Gasteiger partial charge in [0.2, 0.25) is 0 Å². The zero-order valence-corrected chi connectivity index (χ0v) is 17.7. The number of phenolic OH excluding ortho intramolecular Hbond substituents is 1. The highest BCUT2D eigenvalue weighted by Crippen LogP contribution is 2.65. The average Bonchev–Trinajstić information content (AvgIpc) is 2.90. The van der Waals surface area contributed by atoms with Gasteiger partial charge in [-0.05, 0) is 76.2 Å². The molecule has 0 amide bonds. The van der Waals surface area contributed by atoms with E-state index in [1.165, 1.54) is 5.56 Å². The summed E-state index contributed by atoms with van der Waals surface area (Å²) in [6.45, 7) is 0.953. The van der Waals surface area contributed by atoms with Gasteiger partial charge in [-0.25, -0.2) is 0 Å². The number of ether oxygens (including phenoxy) is 1. The van der Waals surface area contributed by atoms with Crippen molar-refractivity contribution < 1.29 is 14.6 Å². The number of likely N-dealkylation sites (tertiary alicyclic amines) is 1. The molecule has 1 aromatic carbocycles. The van der Waals surface area contributed by atoms with Crippen molar-refractivity contribution in [3.05, 3.63) is 20.1 Å². The zero-order chi connectivity index (χ0) is 17.0. The quantitative estimate of drug-likeness (QED) is 0.531. The lowest BCUT2D eigenvalue weighted by Crippen LogP contribution is -2.67. The maximum atomic E-state index is 12.9. The smallest absolute Gasteiger partial charge is 0.187 e. The molecule has 0 aromatic heterocycles. The topological polar surface area (TPSA) is 49.8 Å². The normalized spacial score (nSPS) is 39.6. The molecule has 4 nitrogen and oxygen atoms in total. The molecule has 2 aliphatic carbocycles. The van der Waals surface area contributed by atoms with E-state index in [4.69, 9.17) is 4.74 Å². The molecular weight excluding hydrogens is 506 g/mol. The molecule has 2 bridgehead atoms. The van der Waals surface area contributed by atoms with Crippen LogP contribution in [0.3, 0.4) is 0 Å². The number of Topliss-reactive ketones (excluding diaryl/α,β-unsaturated/α-hetero) is 1. The number of benzene rings is 1. The second-order valence-electron chi connectivity index (χ2n) is 7.41. The molecule has 2 fully saturated rings. The summed E-state index contributed by atoms with van der Waals surface area (Å²) >= 11 is 10.7. The highest BCUT2D eigenvalue weighted by molar-refractivity contribution is 9.13. The molecule has 2 aliphatic heterocycles. The predicted octanol–water partition coefficient (Wildman–Crippen LogP) is 3.53. The molecule has 4 aliphatic rings. The Labute approximate surface area is 165 Å². The predicted molar refractivity (Wildman–Crippen MR) is 100 cm³/mol. The Bertz CT molecular complexity index is 798. The van der Waals surface area contributed by atoms with E-state index in [-0.39, 0.29) is 21.8 Å². The van der Waals surface area contributed by atoms with E-state index in [0.29, 0.717) is 22.2 Å². The van der Waals surface area contributed by atoms with Crippen LogP contribution in [0.4, 0.5) is 0 Å². The van der Waals surface area contributed by atoms with Gasteiger partial charge in [-0.3, -0.25) is 4.79 Å². The maximum Gasteiger partial charge on any atom is 0.187 e. The molecule has 1 N–H and O–H groups in total. The highest BCUT2D eigenvalue weighted by Gasteiger charge is 2.67. The van der Waals surface area contributed by atoms with Crippen LogP contribution in [0.15, 0.2) is 8.95 Å². The first-order valence-electron chi connectivity index (χ1n) is 8.16. The third-order valence-corrected chi connectivity index (χ3v) is 9.59. The number of hydrogen-bond acceptors (Lipinski definition) is 4. The molecule has 24 heavy (non-hydrogen) atoms. The minimum atomic E-state index is -0.488. The number of halogens is 3. The van der Waals surface area contributed by atoms with E-state index < -0.39 is 6.10 Å². The van der Waals surface area contributed by atoms with Gasteiger partial charge < -0.3 is 14.7 Å². The minimum absolute atomic E-state index is 0.111. The van der Waals surface area contributed by atoms with Gasteiger partial charge in [0.1, 0.15) is 0 Å². The van der Waals surface area contributed by atoms with E-state index in [1.54, 1.807) is 0 Å². The van der Waals surface area contributed by atoms with E-state index in [2.05, 4.69) is 59.7 Å². The van der Waals surface area contributed by atoms with Gasteiger partial charge in [0.05, 0.1) is 9.30 Å². The van der Waals surface area contributed by atoms with Gasteiger partial charge >= 0.3 is 0 Å². The van der Waals surface area contributed by atoms with Crippen LogP contribution in [0.25, 0.3) is 0 Å². The van der Waals surface area contributed by atoms with Gasteiger partial charge in [-0.2, -0.15) is 0 Å². The molecule has 0 radical (unpaired) electrons. The SMILES string of the molecule is CN1CC[C@]23c4c5c(Br)c(Br)c(O)c4O[C@H]2C(=O)[C@H](Br)C[C@H]3[C@H]1C5. The first-order chi connectivity index (χ1) is 11.4. The van der Waals surface area contributed by atoms with Gasteiger partial charge in [-0.1, -0.05) is 15.9 Å². The molecule has 1 aromatic rings. The van der Waals surface area contributed by atoms with Crippen molar-refractivity contribution in [3.8, 4) is 11.5 Å². The van der Waals surface area contributed by atoms with Gasteiger partial charge in [0.15, 0.2) is 23.4 Å². The molecule has 5 rings (SSSR count). The molecule has 1 saturated heterocycles. The van der Waals surface area contributed by atoms with Crippen LogP contribution >= 0.6 is 47.8 Å². The fourth-order valence-corrected chi connectivity index (χ4v) is 7.15. The van der Waals surface area contributed by atoms with Crippen molar-refractivity contribution in [1.29, 1.82) is 0 Å². The van der Waals surface area contributed by atoms with Crippen LogP contribution in [0.1, 0.15) is 24.0 Å². The zero-order valence-electron chi connectivity index (χ0n) is 13.0. The molecule has 1 saturated carbocycles. The first kappa shape index (κ1) is 16.1. The molecule has 1 spiro atoms. The van der Waals surface area contributed by atoms with Gasteiger partial charge in [0, 0.05) is 21.5 Å². The number of nitrogens with zero attached hydrogens (tertiary/aromatic N) is 1. The van der Waals surface area contributed by atoms with Crippen molar-refractivity contribution >= 4 is 53.6 Å². The number of carbonyl (C=O) groups excluding carboxylic acids is 1. The van der Waals surface area contributed by atoms with Crippen molar-refractivity contribution in [3.63, 3.8) is 0 Å². The minimum Gasteiger partial charge on any atom is -0.503 e. The Morgan fingerprint density at radius 1 is 1.33 bits per heavy atom. The second kappa shape index (κ2) is 4.99. The molecular formula is C17H16Br3NO3. The number of likely N-dealkylation sites (N-methyl/N-ethyl adjacent to an activating group) is 1. The molecule has 0 unspecified atom stereocenters. The van der Waals surface area contributed by atoms with E-state index >= 15 is 0 Å². The summed E-state index contributed by atoms with van der Waals surface area (Å²) < 4.78 is 7.68. The summed E-state index contributed by atoms with van der Waals surface area (Å²) in [5.74, 6) is 1.11. The fourth-order valence-electron chi connectivity index (χ4n) is 5.54. The highest BCUT2D eigenvalue weighted by atomic mass is 79.9. The van der Waals surface area contributed by atoms with E-state index in [1.807, 2.05) is 0 Å². The average molecular weight is 522 g/mol. The van der Waals surface area contributed by atoms with Crippen molar-refractivity contribution in [2.75, 3.05) is 13.6 Å². The Hall–Kier alpha value is -0.110. The number of piperidine rings is 1. The number of hydrogen-bond donors (Lipinski definition) is 1. The summed E-state index contributed by atoms with van der Waals surface area (Å²) in [6.07, 6.45) is 2.15. The van der Waals surface area contributed by atoms with Crippen LogP contribution in [0.5, 0.6) is 11.5 Å². The van der Waals surface area contributed by atoms with Crippen molar-refractivity contribution in [1.82, 2.24) is 4.90 Å². The Morgan fingerprint density at radius 2 is 2.08 bits per heavy atom. The number of rotatable bonds is 0. The molecule has 128 valence electrons. The number of ketones is 1. The fraction of sp³-hybridized carbons (Fsp3) is 0.588. The second-order valence-corrected chi connectivity index (χ2v) is 10.1. The van der Waals surface area contributed by atoms with Gasteiger partial charge in [-0.15, -0.1) is 0 Å². The van der Waals surface area contributed by atoms with E-state index in [9.17, 15) is 9.90 Å². The summed E-state index contributed by atoms with van der Waals surface area (Å²) in [5, 5.41) is 10.6. The largest absolute Gasteiger partial charge is 0.503 e. The maximum absolute atomic E-state index is 12.9. The Morgan fingerprint density at radius 3 is 2.83 bits per heavy atom. The molecule has 2 heterocycles. The van der Waals surface area contributed by atoms with Crippen LogP contribution < -0.4 is 4.74 Å². The first-order valence-corrected chi connectivity index (χ1v) is 10.7.